The zero-order valence-corrected chi connectivity index (χ0v) is 11.1. The van der Waals surface area contributed by atoms with Crippen molar-refractivity contribution in [3.8, 4) is 5.75 Å². The van der Waals surface area contributed by atoms with Crippen molar-refractivity contribution < 1.29 is 9.53 Å². The molecule has 0 fully saturated rings. The third kappa shape index (κ3) is 2.03. The molecule has 0 saturated carbocycles. The van der Waals surface area contributed by atoms with Gasteiger partial charge in [-0.2, -0.15) is 0 Å². The Morgan fingerprint density at radius 3 is 2.58 bits per heavy atom. The number of carbonyl (C=O) groups excluding carboxylic acids is 1. The first-order valence-electron chi connectivity index (χ1n) is 6.47. The average Bonchev–Trinajstić information content (AvgIpc) is 2.41. The van der Waals surface area contributed by atoms with Crippen molar-refractivity contribution >= 4 is 5.78 Å². The summed E-state index contributed by atoms with van der Waals surface area (Å²) in [4.78, 5) is 12.3. The predicted octanol–water partition coefficient (Wildman–Crippen LogP) is 3.88. The van der Waals surface area contributed by atoms with Crippen LogP contribution < -0.4 is 4.74 Å². The van der Waals surface area contributed by atoms with Crippen LogP contribution in [0.4, 0.5) is 0 Å². The monoisotopic (exact) mass is 252 g/mol. The first-order chi connectivity index (χ1) is 9.08. The molecule has 2 nitrogen and oxygen atoms in total. The van der Waals surface area contributed by atoms with Crippen molar-refractivity contribution in [3.63, 3.8) is 0 Å². The molecule has 0 aromatic heterocycles. The molecule has 0 N–H and O–H groups in total. The average molecular weight is 252 g/mol. The topological polar surface area (TPSA) is 26.3 Å². The highest BCUT2D eigenvalue weighted by atomic mass is 16.5. The van der Waals surface area contributed by atoms with E-state index in [1.54, 1.807) is 0 Å². The zero-order chi connectivity index (χ0) is 13.5. The Labute approximate surface area is 113 Å². The molecule has 0 bridgehead atoms. The first-order valence-corrected chi connectivity index (χ1v) is 6.47. The highest BCUT2D eigenvalue weighted by Gasteiger charge is 2.37. The number of aryl methyl sites for hydroxylation is 1. The van der Waals surface area contributed by atoms with Crippen molar-refractivity contribution in [2.75, 3.05) is 0 Å². The van der Waals surface area contributed by atoms with E-state index in [2.05, 4.69) is 0 Å². The minimum absolute atomic E-state index is 0.149. The Balaban J connectivity index is 2.06. The highest BCUT2D eigenvalue weighted by Crippen LogP contribution is 2.39. The summed E-state index contributed by atoms with van der Waals surface area (Å²) in [6.45, 7) is 3.96. The van der Waals surface area contributed by atoms with Gasteiger partial charge in [0, 0.05) is 0 Å². The fourth-order valence-electron chi connectivity index (χ4n) is 2.58. The van der Waals surface area contributed by atoms with E-state index < -0.39 is 5.60 Å². The van der Waals surface area contributed by atoms with Crippen LogP contribution in [0.2, 0.25) is 0 Å². The Bertz CT molecular complexity index is 631. The number of ether oxygens (including phenoxy) is 1. The summed E-state index contributed by atoms with van der Waals surface area (Å²) in [5.74, 6) is 0.838. The number of hydrogen-bond donors (Lipinski definition) is 0. The molecule has 0 amide bonds. The van der Waals surface area contributed by atoms with Crippen molar-refractivity contribution in [3.05, 3.63) is 65.2 Å². The van der Waals surface area contributed by atoms with Gasteiger partial charge in [0.2, 0.25) is 0 Å². The van der Waals surface area contributed by atoms with Crippen molar-refractivity contribution in [2.45, 2.75) is 25.9 Å². The quantitative estimate of drug-likeness (QED) is 0.770. The summed E-state index contributed by atoms with van der Waals surface area (Å²) in [5.41, 5.74) is 2.25. The maximum Gasteiger partial charge on any atom is 0.170 e. The molecule has 1 atom stereocenters. The third-order valence-corrected chi connectivity index (χ3v) is 3.65. The molecule has 1 heterocycles. The Kier molecular flexibility index (Phi) is 2.67. The molecule has 1 aliphatic heterocycles. The van der Waals surface area contributed by atoms with Crippen molar-refractivity contribution in [1.29, 1.82) is 0 Å². The third-order valence-electron chi connectivity index (χ3n) is 3.65. The molecule has 2 aromatic rings. The van der Waals surface area contributed by atoms with Crippen LogP contribution in [0.15, 0.2) is 48.5 Å². The fourth-order valence-corrected chi connectivity index (χ4v) is 2.58. The van der Waals surface area contributed by atoms with E-state index in [1.165, 1.54) is 0 Å². The maximum absolute atomic E-state index is 12.3. The number of ketones is 1. The van der Waals surface area contributed by atoms with E-state index in [0.29, 0.717) is 17.7 Å². The van der Waals surface area contributed by atoms with E-state index in [-0.39, 0.29) is 5.78 Å². The van der Waals surface area contributed by atoms with Crippen LogP contribution in [0.1, 0.15) is 34.8 Å². The SMILES string of the molecule is Cc1ccc2c(c1)C(=O)CC(C)(c1ccccc1)O2. The van der Waals surface area contributed by atoms with E-state index in [9.17, 15) is 4.79 Å². The summed E-state index contributed by atoms with van der Waals surface area (Å²) in [6.07, 6.45) is 0.382. The maximum atomic E-state index is 12.3. The summed E-state index contributed by atoms with van der Waals surface area (Å²) >= 11 is 0. The smallest absolute Gasteiger partial charge is 0.170 e. The molecule has 0 saturated heterocycles. The summed E-state index contributed by atoms with van der Waals surface area (Å²) < 4.78 is 6.11. The molecular weight excluding hydrogens is 236 g/mol. The van der Waals surface area contributed by atoms with Gasteiger partial charge in [-0.3, -0.25) is 4.79 Å². The molecule has 2 aromatic carbocycles. The Hall–Kier alpha value is -2.09. The van der Waals surface area contributed by atoms with Gasteiger partial charge < -0.3 is 4.74 Å². The molecule has 1 aliphatic rings. The Morgan fingerprint density at radius 2 is 1.84 bits per heavy atom. The van der Waals surface area contributed by atoms with Crippen LogP contribution in [0, 0.1) is 6.92 Å². The molecule has 0 radical (unpaired) electrons. The first kappa shape index (κ1) is 12.0. The van der Waals surface area contributed by atoms with Gasteiger partial charge in [-0.15, -0.1) is 0 Å². The summed E-state index contributed by atoms with van der Waals surface area (Å²) in [5, 5.41) is 0. The van der Waals surface area contributed by atoms with Crippen LogP contribution in [-0.4, -0.2) is 5.78 Å². The predicted molar refractivity (Wildman–Crippen MR) is 74.5 cm³/mol. The zero-order valence-electron chi connectivity index (χ0n) is 11.1. The second-order valence-corrected chi connectivity index (χ2v) is 5.30. The van der Waals surface area contributed by atoms with Gasteiger partial charge in [0.25, 0.3) is 0 Å². The summed E-state index contributed by atoms with van der Waals surface area (Å²) in [6, 6.07) is 15.7. The molecule has 2 heteroatoms. The fraction of sp³-hybridized carbons (Fsp3) is 0.235. The van der Waals surface area contributed by atoms with Gasteiger partial charge >= 0.3 is 0 Å². The van der Waals surface area contributed by atoms with Gasteiger partial charge in [0.15, 0.2) is 5.78 Å². The van der Waals surface area contributed by atoms with E-state index in [4.69, 9.17) is 4.74 Å². The number of benzene rings is 2. The van der Waals surface area contributed by atoms with Gasteiger partial charge in [-0.05, 0) is 31.5 Å². The number of rotatable bonds is 1. The van der Waals surface area contributed by atoms with Crippen LogP contribution in [0.5, 0.6) is 5.75 Å². The van der Waals surface area contributed by atoms with E-state index in [1.807, 2.05) is 62.4 Å². The lowest BCUT2D eigenvalue weighted by atomic mass is 9.85. The molecular formula is C17H16O2. The van der Waals surface area contributed by atoms with Gasteiger partial charge in [-0.25, -0.2) is 0 Å². The van der Waals surface area contributed by atoms with E-state index >= 15 is 0 Å². The number of carbonyl (C=O) groups is 1. The molecule has 3 rings (SSSR count). The molecule has 96 valence electrons. The molecule has 19 heavy (non-hydrogen) atoms. The lowest BCUT2D eigenvalue weighted by Crippen LogP contribution is -2.36. The van der Waals surface area contributed by atoms with Crippen LogP contribution >= 0.6 is 0 Å². The molecule has 0 spiro atoms. The van der Waals surface area contributed by atoms with Crippen molar-refractivity contribution in [2.24, 2.45) is 0 Å². The Morgan fingerprint density at radius 1 is 1.11 bits per heavy atom. The van der Waals surface area contributed by atoms with E-state index in [0.717, 1.165) is 11.1 Å². The van der Waals surface area contributed by atoms with Crippen molar-refractivity contribution in [1.82, 2.24) is 0 Å². The van der Waals surface area contributed by atoms with Crippen LogP contribution in [0.25, 0.3) is 0 Å². The lowest BCUT2D eigenvalue weighted by Gasteiger charge is -2.35. The largest absolute Gasteiger partial charge is 0.482 e. The second kappa shape index (κ2) is 4.23. The van der Waals surface area contributed by atoms with Gasteiger partial charge in [-0.1, -0.05) is 42.0 Å². The number of fused-ring (bicyclic) bond motifs is 1. The normalized spacial score (nSPS) is 21.7. The van der Waals surface area contributed by atoms with Gasteiger partial charge in [0.05, 0.1) is 12.0 Å². The molecule has 1 unspecified atom stereocenters. The lowest BCUT2D eigenvalue weighted by molar-refractivity contribution is 0.0503. The minimum Gasteiger partial charge on any atom is -0.482 e. The van der Waals surface area contributed by atoms with Crippen LogP contribution in [-0.2, 0) is 5.60 Å². The van der Waals surface area contributed by atoms with Crippen LogP contribution in [0.3, 0.4) is 0 Å². The minimum atomic E-state index is -0.569. The standard InChI is InChI=1S/C17H16O2/c1-12-8-9-16-14(10-12)15(18)11-17(2,19-16)13-6-4-3-5-7-13/h3-10H,11H2,1-2H3. The number of hydrogen-bond acceptors (Lipinski definition) is 2. The highest BCUT2D eigenvalue weighted by molar-refractivity contribution is 6.00. The number of Topliss-reactive ketones (excluding diaryl/α,β-unsaturated/α-hetero) is 1. The second-order valence-electron chi connectivity index (χ2n) is 5.30. The van der Waals surface area contributed by atoms with Gasteiger partial charge in [0.1, 0.15) is 11.4 Å². The summed E-state index contributed by atoms with van der Waals surface area (Å²) in [7, 11) is 0. The molecule has 0 aliphatic carbocycles.